The number of carbonyl (C=O) groups is 1. The molecule has 6 heteroatoms. The molecule has 0 spiro atoms. The maximum Gasteiger partial charge on any atom is 0.416 e. The second-order valence-electron chi connectivity index (χ2n) is 8.23. The van der Waals surface area contributed by atoms with Crippen LogP contribution in [-0.2, 0) is 6.18 Å². The molecule has 160 valence electrons. The van der Waals surface area contributed by atoms with Crippen LogP contribution in [-0.4, -0.2) is 36.6 Å². The van der Waals surface area contributed by atoms with E-state index in [4.69, 9.17) is 0 Å². The number of carboxylic acids is 1. The van der Waals surface area contributed by atoms with Crippen LogP contribution in [0.25, 0.3) is 6.08 Å². The Labute approximate surface area is 174 Å². The Morgan fingerprint density at radius 1 is 1.17 bits per heavy atom. The number of halogens is 3. The predicted octanol–water partition coefficient (Wildman–Crippen LogP) is 5.93. The molecular weight excluding hydrogens is 391 g/mol. The van der Waals surface area contributed by atoms with Crippen molar-refractivity contribution in [3.05, 3.63) is 76.4 Å². The lowest BCUT2D eigenvalue weighted by molar-refractivity contribution is -0.137. The van der Waals surface area contributed by atoms with E-state index < -0.39 is 17.7 Å². The first-order chi connectivity index (χ1) is 14.1. The van der Waals surface area contributed by atoms with Crippen molar-refractivity contribution in [1.82, 2.24) is 4.90 Å². The zero-order valence-corrected chi connectivity index (χ0v) is 17.1. The largest absolute Gasteiger partial charge is 0.478 e. The van der Waals surface area contributed by atoms with Gasteiger partial charge in [0.05, 0.1) is 11.1 Å². The Bertz CT molecular complexity index is 934. The van der Waals surface area contributed by atoms with Gasteiger partial charge in [-0.25, -0.2) is 4.79 Å². The lowest BCUT2D eigenvalue weighted by Crippen LogP contribution is -2.29. The molecule has 0 aliphatic heterocycles. The molecule has 2 aromatic carbocycles. The van der Waals surface area contributed by atoms with Gasteiger partial charge in [0.15, 0.2) is 0 Å². The standard InChI is InChI=1S/C24H26F3NO2/c1-28(2)15-20-10-9-17(11-16-5-3-7-19(12-16)23(29)30)13-22(20)18-6-4-8-21(14-18)24(25,26)27/h3-8,11-12,14,20,22H,9-10,13,15H2,1-2H3,(H,29,30)/b17-11+. The van der Waals surface area contributed by atoms with Gasteiger partial charge in [-0.1, -0.05) is 42.0 Å². The van der Waals surface area contributed by atoms with Crippen molar-refractivity contribution >= 4 is 12.0 Å². The second-order valence-corrected chi connectivity index (χ2v) is 8.23. The van der Waals surface area contributed by atoms with Crippen LogP contribution in [0, 0.1) is 5.92 Å². The van der Waals surface area contributed by atoms with E-state index in [2.05, 4.69) is 4.90 Å². The highest BCUT2D eigenvalue weighted by Crippen LogP contribution is 2.42. The maximum atomic E-state index is 13.2. The first-order valence-electron chi connectivity index (χ1n) is 9.98. The summed E-state index contributed by atoms with van der Waals surface area (Å²) in [5, 5.41) is 9.20. The van der Waals surface area contributed by atoms with Gasteiger partial charge in [0.25, 0.3) is 0 Å². The fourth-order valence-electron chi connectivity index (χ4n) is 4.27. The van der Waals surface area contributed by atoms with Crippen molar-refractivity contribution in [3.63, 3.8) is 0 Å². The zero-order valence-electron chi connectivity index (χ0n) is 17.1. The molecule has 0 bridgehead atoms. The number of aromatic carboxylic acids is 1. The molecule has 0 saturated heterocycles. The first kappa shape index (κ1) is 22.1. The molecule has 1 N–H and O–H groups in total. The van der Waals surface area contributed by atoms with Gasteiger partial charge in [0.1, 0.15) is 0 Å². The fraction of sp³-hybridized carbons (Fsp3) is 0.375. The molecule has 2 atom stereocenters. The van der Waals surface area contributed by atoms with Gasteiger partial charge in [0.2, 0.25) is 0 Å². The number of carboxylic acid groups (broad SMARTS) is 1. The summed E-state index contributed by atoms with van der Waals surface area (Å²) in [6, 6.07) is 12.4. The molecule has 2 unspecified atom stereocenters. The molecule has 0 aromatic heterocycles. The van der Waals surface area contributed by atoms with Crippen LogP contribution in [0.1, 0.15) is 52.2 Å². The van der Waals surface area contributed by atoms with Crippen LogP contribution < -0.4 is 0 Å². The summed E-state index contributed by atoms with van der Waals surface area (Å²) in [4.78, 5) is 13.3. The van der Waals surface area contributed by atoms with Crippen LogP contribution in [0.5, 0.6) is 0 Å². The molecule has 1 aliphatic carbocycles. The Morgan fingerprint density at radius 2 is 1.90 bits per heavy atom. The third kappa shape index (κ3) is 5.51. The van der Waals surface area contributed by atoms with Gasteiger partial charge in [-0.15, -0.1) is 0 Å². The highest BCUT2D eigenvalue weighted by Gasteiger charge is 2.33. The van der Waals surface area contributed by atoms with E-state index in [-0.39, 0.29) is 17.4 Å². The number of rotatable bonds is 5. The van der Waals surface area contributed by atoms with Gasteiger partial charge in [0, 0.05) is 6.54 Å². The van der Waals surface area contributed by atoms with Crippen LogP contribution >= 0.6 is 0 Å². The van der Waals surface area contributed by atoms with E-state index in [0.717, 1.165) is 36.6 Å². The SMILES string of the molecule is CN(C)CC1CC/C(=C\c2cccc(C(=O)O)c2)CC1c1cccc(C(F)(F)F)c1. The van der Waals surface area contributed by atoms with E-state index in [1.165, 1.54) is 12.1 Å². The van der Waals surface area contributed by atoms with Gasteiger partial charge < -0.3 is 10.0 Å². The van der Waals surface area contributed by atoms with E-state index in [1.807, 2.05) is 26.2 Å². The summed E-state index contributed by atoms with van der Waals surface area (Å²) in [6.45, 7) is 0.808. The molecule has 0 radical (unpaired) electrons. The maximum absolute atomic E-state index is 13.2. The van der Waals surface area contributed by atoms with Crippen LogP contribution in [0.2, 0.25) is 0 Å². The minimum Gasteiger partial charge on any atom is -0.478 e. The van der Waals surface area contributed by atoms with Crippen molar-refractivity contribution in [2.45, 2.75) is 31.4 Å². The number of benzene rings is 2. The molecule has 1 fully saturated rings. The van der Waals surface area contributed by atoms with Crippen molar-refractivity contribution in [2.24, 2.45) is 5.92 Å². The molecule has 3 rings (SSSR count). The smallest absolute Gasteiger partial charge is 0.416 e. The number of hydrogen-bond donors (Lipinski definition) is 1. The van der Waals surface area contributed by atoms with Crippen LogP contribution in [0.4, 0.5) is 13.2 Å². The molecule has 2 aromatic rings. The predicted molar refractivity (Wildman–Crippen MR) is 111 cm³/mol. The first-order valence-corrected chi connectivity index (χ1v) is 9.98. The van der Waals surface area contributed by atoms with Crippen LogP contribution in [0.3, 0.4) is 0 Å². The molecule has 0 amide bonds. The van der Waals surface area contributed by atoms with Crippen LogP contribution in [0.15, 0.2) is 54.1 Å². The minimum absolute atomic E-state index is 0.0163. The molecular formula is C24H26F3NO2. The Hall–Kier alpha value is -2.60. The van der Waals surface area contributed by atoms with Crippen molar-refractivity contribution in [2.75, 3.05) is 20.6 Å². The van der Waals surface area contributed by atoms with Crippen molar-refractivity contribution in [1.29, 1.82) is 0 Å². The minimum atomic E-state index is -4.36. The Kier molecular flexibility index (Phi) is 6.66. The van der Waals surface area contributed by atoms with Crippen molar-refractivity contribution in [3.8, 4) is 0 Å². The Balaban J connectivity index is 1.92. The monoisotopic (exact) mass is 417 g/mol. The van der Waals surface area contributed by atoms with Gasteiger partial charge >= 0.3 is 12.1 Å². The van der Waals surface area contributed by atoms with E-state index in [0.29, 0.717) is 12.0 Å². The molecule has 30 heavy (non-hydrogen) atoms. The molecule has 1 saturated carbocycles. The number of hydrogen-bond acceptors (Lipinski definition) is 2. The zero-order chi connectivity index (χ0) is 21.9. The normalized spacial score (nSPS) is 21.2. The topological polar surface area (TPSA) is 40.5 Å². The van der Waals surface area contributed by atoms with E-state index in [9.17, 15) is 23.1 Å². The summed E-state index contributed by atoms with van der Waals surface area (Å²) in [6.07, 6.45) is 0.0164. The Morgan fingerprint density at radius 3 is 2.57 bits per heavy atom. The highest BCUT2D eigenvalue weighted by atomic mass is 19.4. The average molecular weight is 417 g/mol. The molecule has 3 nitrogen and oxygen atoms in total. The lowest BCUT2D eigenvalue weighted by atomic mass is 9.72. The number of alkyl halides is 3. The molecule has 0 heterocycles. The third-order valence-electron chi connectivity index (χ3n) is 5.63. The summed E-state index contributed by atoms with van der Waals surface area (Å²) >= 11 is 0. The van der Waals surface area contributed by atoms with Gasteiger partial charge in [-0.3, -0.25) is 0 Å². The third-order valence-corrected chi connectivity index (χ3v) is 5.63. The van der Waals surface area contributed by atoms with Gasteiger partial charge in [-0.2, -0.15) is 13.2 Å². The summed E-state index contributed by atoms with van der Waals surface area (Å²) in [5.74, 6) is -0.741. The quantitative estimate of drug-likeness (QED) is 0.655. The summed E-state index contributed by atoms with van der Waals surface area (Å²) in [7, 11) is 3.96. The highest BCUT2D eigenvalue weighted by molar-refractivity contribution is 5.88. The van der Waals surface area contributed by atoms with Gasteiger partial charge in [-0.05, 0) is 74.5 Å². The van der Waals surface area contributed by atoms with E-state index in [1.54, 1.807) is 24.3 Å². The lowest BCUT2D eigenvalue weighted by Gasteiger charge is -2.35. The van der Waals surface area contributed by atoms with E-state index >= 15 is 0 Å². The summed E-state index contributed by atoms with van der Waals surface area (Å²) < 4.78 is 39.7. The summed E-state index contributed by atoms with van der Waals surface area (Å²) in [5.41, 5.74) is 2.25. The molecule has 1 aliphatic rings. The van der Waals surface area contributed by atoms with Crippen molar-refractivity contribution < 1.29 is 23.1 Å². The number of allylic oxidation sites excluding steroid dienone is 1. The average Bonchev–Trinajstić information content (AvgIpc) is 2.68. The fourth-order valence-corrected chi connectivity index (χ4v) is 4.27. The number of nitrogens with zero attached hydrogens (tertiary/aromatic N) is 1. The second kappa shape index (κ2) is 9.04.